The molecule has 0 aliphatic heterocycles. The van der Waals surface area contributed by atoms with Gasteiger partial charge in [-0.2, -0.15) is 8.78 Å². The highest BCUT2D eigenvalue weighted by molar-refractivity contribution is 7.12. The molecule has 2 aromatic carbocycles. The van der Waals surface area contributed by atoms with Crippen molar-refractivity contribution < 1.29 is 37.4 Å². The molecule has 11 heteroatoms. The molecule has 0 spiro atoms. The second-order valence-corrected chi connectivity index (χ2v) is 8.03. The summed E-state index contributed by atoms with van der Waals surface area (Å²) < 4.78 is 33.7. The Kier molecular flexibility index (Phi) is 9.02. The average Bonchev–Trinajstić information content (AvgIpc) is 3.38. The lowest BCUT2D eigenvalue weighted by Crippen LogP contribution is -2.44. The van der Waals surface area contributed by atoms with Crippen LogP contribution in [0.25, 0.3) is 0 Å². The zero-order valence-corrected chi connectivity index (χ0v) is 18.9. The molecule has 1 aromatic heterocycles. The van der Waals surface area contributed by atoms with Crippen LogP contribution < -0.4 is 15.4 Å². The fourth-order valence-electron chi connectivity index (χ4n) is 2.94. The Morgan fingerprint density at radius 3 is 2.23 bits per heavy atom. The van der Waals surface area contributed by atoms with Crippen molar-refractivity contribution in [3.63, 3.8) is 0 Å². The first-order valence-corrected chi connectivity index (χ1v) is 11.1. The summed E-state index contributed by atoms with van der Waals surface area (Å²) in [7, 11) is 0. The molecular weight excluding hydrogens is 482 g/mol. The minimum atomic E-state index is -3.01. The highest BCUT2D eigenvalue weighted by Crippen LogP contribution is 2.15. The third-order valence-corrected chi connectivity index (χ3v) is 5.43. The van der Waals surface area contributed by atoms with Gasteiger partial charge in [-0.3, -0.25) is 19.7 Å². The molecule has 0 bridgehead atoms. The molecule has 0 radical (unpaired) electrons. The molecule has 0 saturated carbocycles. The predicted molar refractivity (Wildman–Crippen MR) is 122 cm³/mol. The van der Waals surface area contributed by atoms with Gasteiger partial charge in [0.2, 0.25) is 0 Å². The molecule has 182 valence electrons. The number of nitrogens with one attached hydrogen (secondary N) is 2. The van der Waals surface area contributed by atoms with Crippen molar-refractivity contribution in [3.8, 4) is 5.75 Å². The molecule has 3 rings (SSSR count). The van der Waals surface area contributed by atoms with Gasteiger partial charge < -0.3 is 14.8 Å². The second kappa shape index (κ2) is 12.4. The topological polar surface area (TPSA) is 111 Å². The van der Waals surface area contributed by atoms with Gasteiger partial charge in [0.25, 0.3) is 17.7 Å². The first-order chi connectivity index (χ1) is 16.8. The van der Waals surface area contributed by atoms with Crippen LogP contribution >= 0.6 is 11.3 Å². The van der Waals surface area contributed by atoms with E-state index < -0.39 is 43.0 Å². The van der Waals surface area contributed by atoms with E-state index in [4.69, 9.17) is 4.74 Å². The standard InChI is InChI=1S/C24H20F2N2O6S/c25-24(26)34-17-10-8-16(9-11-17)21(30)28-20(29)14-33-23(32)18(13-15-5-2-1-3-6-15)27-22(31)19-7-4-12-35-19/h1-12,18,24H,13-14H2,(H,27,31)(H,28,29,30)/t18-/m0/s1. The number of imide groups is 1. The van der Waals surface area contributed by atoms with Crippen LogP contribution in [0.1, 0.15) is 25.6 Å². The largest absolute Gasteiger partial charge is 0.454 e. The molecule has 1 heterocycles. The lowest BCUT2D eigenvalue weighted by molar-refractivity contribution is -0.150. The lowest BCUT2D eigenvalue weighted by Gasteiger charge is -2.17. The molecule has 3 aromatic rings. The number of hydrogen-bond donors (Lipinski definition) is 2. The van der Waals surface area contributed by atoms with Crippen LogP contribution in [0.4, 0.5) is 8.78 Å². The number of ether oxygens (including phenoxy) is 2. The van der Waals surface area contributed by atoms with Crippen LogP contribution in [0.5, 0.6) is 5.75 Å². The zero-order chi connectivity index (χ0) is 25.2. The van der Waals surface area contributed by atoms with Gasteiger partial charge in [-0.1, -0.05) is 36.4 Å². The van der Waals surface area contributed by atoms with E-state index in [0.717, 1.165) is 17.7 Å². The lowest BCUT2D eigenvalue weighted by atomic mass is 10.1. The second-order valence-electron chi connectivity index (χ2n) is 7.08. The van der Waals surface area contributed by atoms with E-state index in [1.165, 1.54) is 23.5 Å². The molecule has 3 amide bonds. The molecule has 2 N–H and O–H groups in total. The minimum absolute atomic E-state index is 0.0106. The summed E-state index contributed by atoms with van der Waals surface area (Å²) in [5, 5.41) is 6.37. The number of rotatable bonds is 10. The Bertz CT molecular complexity index is 1150. The van der Waals surface area contributed by atoms with Crippen molar-refractivity contribution in [1.29, 1.82) is 0 Å². The van der Waals surface area contributed by atoms with Crippen molar-refractivity contribution in [3.05, 3.63) is 88.1 Å². The Hall–Kier alpha value is -4.12. The first kappa shape index (κ1) is 25.5. The van der Waals surface area contributed by atoms with E-state index in [1.807, 2.05) is 11.4 Å². The van der Waals surface area contributed by atoms with Crippen LogP contribution in [-0.4, -0.2) is 43.0 Å². The molecule has 8 nitrogen and oxygen atoms in total. The Labute approximate surface area is 202 Å². The number of esters is 1. The maximum atomic E-state index is 12.7. The molecule has 0 fully saturated rings. The highest BCUT2D eigenvalue weighted by Gasteiger charge is 2.25. The summed E-state index contributed by atoms with van der Waals surface area (Å²) in [6.07, 6.45) is 0.129. The highest BCUT2D eigenvalue weighted by atomic mass is 32.1. The molecule has 1 atom stereocenters. The van der Waals surface area contributed by atoms with E-state index >= 15 is 0 Å². The number of carbonyl (C=O) groups is 4. The third-order valence-electron chi connectivity index (χ3n) is 4.56. The number of hydrogen-bond acceptors (Lipinski definition) is 7. The molecule has 0 unspecified atom stereocenters. The smallest absolute Gasteiger partial charge is 0.387 e. The normalized spacial score (nSPS) is 11.4. The van der Waals surface area contributed by atoms with Gasteiger partial charge in [0.05, 0.1) is 4.88 Å². The van der Waals surface area contributed by atoms with Crippen molar-refractivity contribution in [2.75, 3.05) is 6.61 Å². The number of carbonyl (C=O) groups excluding carboxylic acids is 4. The van der Waals surface area contributed by atoms with Gasteiger partial charge in [0.1, 0.15) is 11.8 Å². The van der Waals surface area contributed by atoms with E-state index in [0.29, 0.717) is 4.88 Å². The van der Waals surface area contributed by atoms with E-state index in [1.54, 1.807) is 41.8 Å². The maximum absolute atomic E-state index is 12.7. The number of amides is 3. The van der Waals surface area contributed by atoms with E-state index in [2.05, 4.69) is 10.1 Å². The number of alkyl halides is 2. The fourth-order valence-corrected chi connectivity index (χ4v) is 3.57. The van der Waals surface area contributed by atoms with Gasteiger partial charge in [0, 0.05) is 12.0 Å². The van der Waals surface area contributed by atoms with Gasteiger partial charge in [0.15, 0.2) is 6.61 Å². The molecular formula is C24H20F2N2O6S. The van der Waals surface area contributed by atoms with Gasteiger partial charge in [-0.15, -0.1) is 11.3 Å². The van der Waals surface area contributed by atoms with Crippen LogP contribution in [0, 0.1) is 0 Å². The van der Waals surface area contributed by atoms with Crippen molar-refractivity contribution in [2.45, 2.75) is 19.1 Å². The van der Waals surface area contributed by atoms with Crippen LogP contribution in [0.2, 0.25) is 0 Å². The average molecular weight is 502 g/mol. The zero-order valence-electron chi connectivity index (χ0n) is 18.1. The Morgan fingerprint density at radius 1 is 0.886 bits per heavy atom. The number of benzene rings is 2. The van der Waals surface area contributed by atoms with Crippen LogP contribution in [0.3, 0.4) is 0 Å². The monoisotopic (exact) mass is 502 g/mol. The first-order valence-electron chi connectivity index (χ1n) is 10.3. The number of thiophene rings is 1. The van der Waals surface area contributed by atoms with Gasteiger partial charge >= 0.3 is 12.6 Å². The van der Waals surface area contributed by atoms with Gasteiger partial charge in [-0.05, 0) is 41.3 Å². The van der Waals surface area contributed by atoms with Crippen molar-refractivity contribution >= 4 is 35.0 Å². The molecule has 0 aliphatic carbocycles. The Morgan fingerprint density at radius 2 is 1.60 bits per heavy atom. The summed E-state index contributed by atoms with van der Waals surface area (Å²) in [6, 6.07) is 15.9. The van der Waals surface area contributed by atoms with Crippen LogP contribution in [-0.2, 0) is 20.7 Å². The minimum Gasteiger partial charge on any atom is -0.454 e. The molecule has 35 heavy (non-hydrogen) atoms. The fraction of sp³-hybridized carbons (Fsp3) is 0.167. The molecule has 0 aliphatic rings. The quantitative estimate of drug-likeness (QED) is 0.412. The predicted octanol–water partition coefficient (Wildman–Crippen LogP) is 3.19. The van der Waals surface area contributed by atoms with E-state index in [-0.39, 0.29) is 17.7 Å². The van der Waals surface area contributed by atoms with Crippen molar-refractivity contribution in [2.24, 2.45) is 0 Å². The summed E-state index contributed by atoms with van der Waals surface area (Å²) in [6.45, 7) is -3.77. The van der Waals surface area contributed by atoms with E-state index in [9.17, 15) is 28.0 Å². The van der Waals surface area contributed by atoms with Crippen molar-refractivity contribution in [1.82, 2.24) is 10.6 Å². The molecule has 0 saturated heterocycles. The third kappa shape index (κ3) is 8.00. The van der Waals surface area contributed by atoms with Gasteiger partial charge in [-0.25, -0.2) is 4.79 Å². The Balaban J connectivity index is 1.56. The van der Waals surface area contributed by atoms with Crippen LogP contribution in [0.15, 0.2) is 72.1 Å². The number of halogens is 2. The summed E-state index contributed by atoms with van der Waals surface area (Å²) in [4.78, 5) is 49.8. The summed E-state index contributed by atoms with van der Waals surface area (Å²) >= 11 is 1.21. The summed E-state index contributed by atoms with van der Waals surface area (Å²) in [5.41, 5.74) is 0.774. The maximum Gasteiger partial charge on any atom is 0.387 e. The SMILES string of the molecule is O=C(COC(=O)[C@H](Cc1ccccc1)NC(=O)c1cccs1)NC(=O)c1ccc(OC(F)F)cc1. The summed E-state index contributed by atoms with van der Waals surface area (Å²) in [5.74, 6) is -3.18.